The molecule has 7 nitrogen and oxygen atoms in total. The van der Waals surface area contributed by atoms with Gasteiger partial charge in [-0.2, -0.15) is 13.2 Å². The Labute approximate surface area is 199 Å². The lowest BCUT2D eigenvalue weighted by molar-refractivity contribution is -0.139. The largest absolute Gasteiger partial charge is 0.494 e. The molecule has 0 aliphatic carbocycles. The summed E-state index contributed by atoms with van der Waals surface area (Å²) in [5.41, 5.74) is 0.0741. The molecule has 2 amide bonds. The van der Waals surface area contributed by atoms with E-state index in [0.29, 0.717) is 56.4 Å². The number of urea groups is 1. The van der Waals surface area contributed by atoms with Crippen molar-refractivity contribution in [2.45, 2.75) is 13.1 Å². The van der Waals surface area contributed by atoms with Crippen molar-refractivity contribution >= 4 is 17.5 Å². The zero-order chi connectivity index (χ0) is 25.0. The van der Waals surface area contributed by atoms with Crippen LogP contribution in [0, 0.1) is 5.82 Å². The predicted octanol–water partition coefficient (Wildman–Crippen LogP) is 5.05. The average Bonchev–Trinajstić information content (AvgIpc) is 2.85. The van der Waals surface area contributed by atoms with E-state index in [4.69, 9.17) is 4.74 Å². The van der Waals surface area contributed by atoms with Crippen LogP contribution in [0.1, 0.15) is 12.5 Å². The summed E-state index contributed by atoms with van der Waals surface area (Å²) in [7, 11) is 0. The van der Waals surface area contributed by atoms with Gasteiger partial charge in [0.15, 0.2) is 5.82 Å². The Kier molecular flexibility index (Phi) is 7.04. The summed E-state index contributed by atoms with van der Waals surface area (Å²) in [5.74, 6) is 0.0508. The molecule has 0 saturated carbocycles. The van der Waals surface area contributed by atoms with E-state index in [1.807, 2.05) is 48.2 Å². The minimum atomic E-state index is -4.85. The van der Waals surface area contributed by atoms with Crippen LogP contribution in [0.25, 0.3) is 11.3 Å². The molecule has 2 heterocycles. The third kappa shape index (κ3) is 5.79. The number of hydrogen-bond donors (Lipinski definition) is 1. The SMILES string of the molecule is CCOc1ccc(-c2ccc(N3CCN(C(=O)Nc4ccc(F)c(C(F)(F)F)c4)CC3)nn2)cc1. The molecule has 0 atom stereocenters. The fraction of sp³-hybridized carbons (Fsp3) is 0.292. The molecule has 0 radical (unpaired) electrons. The van der Waals surface area contributed by atoms with Crippen molar-refractivity contribution in [2.24, 2.45) is 0 Å². The number of hydrogen-bond acceptors (Lipinski definition) is 5. The van der Waals surface area contributed by atoms with Gasteiger partial charge in [0.05, 0.1) is 17.9 Å². The molecule has 1 aromatic heterocycles. The summed E-state index contributed by atoms with van der Waals surface area (Å²) in [6.07, 6.45) is -4.85. The zero-order valence-corrected chi connectivity index (χ0v) is 18.8. The first-order valence-corrected chi connectivity index (χ1v) is 11.0. The third-order valence-corrected chi connectivity index (χ3v) is 5.53. The molecular formula is C24H23F4N5O2. The third-order valence-electron chi connectivity index (χ3n) is 5.53. The van der Waals surface area contributed by atoms with Gasteiger partial charge in [-0.25, -0.2) is 9.18 Å². The van der Waals surface area contributed by atoms with Crippen molar-refractivity contribution in [3.05, 3.63) is 66.0 Å². The summed E-state index contributed by atoms with van der Waals surface area (Å²) in [6.45, 7) is 4.13. The molecule has 2 aromatic carbocycles. The van der Waals surface area contributed by atoms with Gasteiger partial charge in [-0.05, 0) is 61.5 Å². The molecule has 3 aromatic rings. The Morgan fingerprint density at radius 3 is 2.31 bits per heavy atom. The lowest BCUT2D eigenvalue weighted by Crippen LogP contribution is -2.50. The van der Waals surface area contributed by atoms with Gasteiger partial charge in [0.2, 0.25) is 0 Å². The summed E-state index contributed by atoms with van der Waals surface area (Å²) < 4.78 is 57.6. The Hall–Kier alpha value is -3.89. The van der Waals surface area contributed by atoms with Crippen LogP contribution in [0.2, 0.25) is 0 Å². The number of nitrogens with zero attached hydrogens (tertiary/aromatic N) is 4. The molecule has 0 unspecified atom stereocenters. The average molecular weight is 489 g/mol. The van der Waals surface area contributed by atoms with Crippen LogP contribution in [0.4, 0.5) is 33.9 Å². The normalized spacial score (nSPS) is 14.1. The molecule has 0 spiro atoms. The van der Waals surface area contributed by atoms with Crippen molar-refractivity contribution in [2.75, 3.05) is 43.0 Å². The monoisotopic (exact) mass is 489 g/mol. The molecule has 1 aliphatic rings. The van der Waals surface area contributed by atoms with Crippen LogP contribution >= 0.6 is 0 Å². The fourth-order valence-corrected chi connectivity index (χ4v) is 3.70. The number of alkyl halides is 3. The van der Waals surface area contributed by atoms with Gasteiger partial charge in [0, 0.05) is 37.4 Å². The highest BCUT2D eigenvalue weighted by Crippen LogP contribution is 2.33. The summed E-state index contributed by atoms with van der Waals surface area (Å²) in [6, 6.07) is 13.1. The van der Waals surface area contributed by atoms with Crippen LogP contribution in [0.15, 0.2) is 54.6 Å². The molecule has 4 rings (SSSR count). The van der Waals surface area contributed by atoms with Gasteiger partial charge in [0.25, 0.3) is 0 Å². The molecule has 11 heteroatoms. The lowest BCUT2D eigenvalue weighted by Gasteiger charge is -2.35. The summed E-state index contributed by atoms with van der Waals surface area (Å²) >= 11 is 0. The Bertz CT molecular complexity index is 1160. The number of carbonyl (C=O) groups is 1. The van der Waals surface area contributed by atoms with Crippen molar-refractivity contribution in [3.8, 4) is 17.0 Å². The number of benzene rings is 2. The second-order valence-electron chi connectivity index (χ2n) is 7.83. The number of piperazine rings is 1. The maximum absolute atomic E-state index is 13.5. The quantitative estimate of drug-likeness (QED) is 0.508. The summed E-state index contributed by atoms with van der Waals surface area (Å²) in [4.78, 5) is 16.0. The maximum atomic E-state index is 13.5. The Balaban J connectivity index is 1.33. The van der Waals surface area contributed by atoms with E-state index in [-0.39, 0.29) is 5.69 Å². The highest BCUT2D eigenvalue weighted by atomic mass is 19.4. The highest BCUT2D eigenvalue weighted by Gasteiger charge is 2.34. The maximum Gasteiger partial charge on any atom is 0.419 e. The van der Waals surface area contributed by atoms with Gasteiger partial charge in [-0.3, -0.25) is 0 Å². The van der Waals surface area contributed by atoms with E-state index in [0.717, 1.165) is 17.4 Å². The van der Waals surface area contributed by atoms with Crippen LogP contribution in [0.5, 0.6) is 5.75 Å². The van der Waals surface area contributed by atoms with E-state index in [1.54, 1.807) is 0 Å². The lowest BCUT2D eigenvalue weighted by atomic mass is 10.1. The van der Waals surface area contributed by atoms with Crippen LogP contribution < -0.4 is 15.0 Å². The minimum Gasteiger partial charge on any atom is -0.494 e. The topological polar surface area (TPSA) is 70.6 Å². The molecule has 0 bridgehead atoms. The molecule has 1 fully saturated rings. The second kappa shape index (κ2) is 10.2. The molecule has 1 saturated heterocycles. The first kappa shape index (κ1) is 24.2. The van der Waals surface area contributed by atoms with Gasteiger partial charge < -0.3 is 19.9 Å². The van der Waals surface area contributed by atoms with Crippen molar-refractivity contribution < 1.29 is 27.1 Å². The second-order valence-corrected chi connectivity index (χ2v) is 7.83. The molecule has 184 valence electrons. The van der Waals surface area contributed by atoms with Gasteiger partial charge >= 0.3 is 12.2 Å². The van der Waals surface area contributed by atoms with Crippen molar-refractivity contribution in [1.82, 2.24) is 15.1 Å². The number of rotatable bonds is 5. The molecule has 1 aliphatic heterocycles. The van der Waals surface area contributed by atoms with Crippen LogP contribution in [-0.2, 0) is 6.18 Å². The van der Waals surface area contributed by atoms with E-state index in [1.165, 1.54) is 4.90 Å². The van der Waals surface area contributed by atoms with Crippen LogP contribution in [0.3, 0.4) is 0 Å². The fourth-order valence-electron chi connectivity index (χ4n) is 3.70. The standard InChI is InChI=1S/C24H23F4N5O2/c1-2-35-18-6-3-16(4-7-18)21-9-10-22(31-30-21)32-11-13-33(14-12-32)23(34)29-17-5-8-20(25)19(15-17)24(26,27)28/h3-10,15H,2,11-14H2,1H3,(H,29,34). The number of amides is 2. The van der Waals surface area contributed by atoms with E-state index in [2.05, 4.69) is 15.5 Å². The Morgan fingerprint density at radius 1 is 1.00 bits per heavy atom. The van der Waals surface area contributed by atoms with E-state index in [9.17, 15) is 22.4 Å². The molecule has 35 heavy (non-hydrogen) atoms. The first-order chi connectivity index (χ1) is 16.7. The smallest absolute Gasteiger partial charge is 0.419 e. The number of carbonyl (C=O) groups excluding carboxylic acids is 1. The van der Waals surface area contributed by atoms with Gasteiger partial charge in [-0.15, -0.1) is 10.2 Å². The van der Waals surface area contributed by atoms with Gasteiger partial charge in [0.1, 0.15) is 11.6 Å². The number of ether oxygens (including phenoxy) is 1. The minimum absolute atomic E-state index is 0.123. The van der Waals surface area contributed by atoms with Crippen molar-refractivity contribution in [3.63, 3.8) is 0 Å². The van der Waals surface area contributed by atoms with E-state index >= 15 is 0 Å². The first-order valence-electron chi connectivity index (χ1n) is 11.0. The number of aromatic nitrogens is 2. The number of anilines is 2. The highest BCUT2D eigenvalue weighted by molar-refractivity contribution is 5.89. The molecular weight excluding hydrogens is 466 g/mol. The summed E-state index contributed by atoms with van der Waals surface area (Å²) in [5, 5.41) is 11.0. The Morgan fingerprint density at radius 2 is 1.71 bits per heavy atom. The van der Waals surface area contributed by atoms with Crippen LogP contribution in [-0.4, -0.2) is 53.9 Å². The molecule has 1 N–H and O–H groups in total. The number of halogens is 4. The van der Waals surface area contributed by atoms with E-state index < -0.39 is 23.6 Å². The zero-order valence-electron chi connectivity index (χ0n) is 18.8. The predicted molar refractivity (Wildman–Crippen MR) is 123 cm³/mol. The van der Waals surface area contributed by atoms with Gasteiger partial charge in [-0.1, -0.05) is 0 Å². The van der Waals surface area contributed by atoms with Crippen molar-refractivity contribution in [1.29, 1.82) is 0 Å². The number of nitrogens with one attached hydrogen (secondary N) is 1.